The summed E-state index contributed by atoms with van der Waals surface area (Å²) in [6, 6.07) is 3.89. The number of carbonyl (C=O) groups is 2. The molecule has 2 aliphatic rings. The van der Waals surface area contributed by atoms with E-state index in [0.29, 0.717) is 23.4 Å². The third-order valence-corrected chi connectivity index (χ3v) is 5.39. The summed E-state index contributed by atoms with van der Waals surface area (Å²) in [4.78, 5) is 34.0. The van der Waals surface area contributed by atoms with Gasteiger partial charge in [0.05, 0.1) is 11.8 Å². The van der Waals surface area contributed by atoms with Crippen LogP contribution in [0.25, 0.3) is 11.0 Å². The van der Waals surface area contributed by atoms with Gasteiger partial charge >= 0.3 is 5.97 Å². The Morgan fingerprint density at radius 3 is 2.96 bits per heavy atom. The van der Waals surface area contributed by atoms with Gasteiger partial charge < -0.3 is 19.9 Å². The van der Waals surface area contributed by atoms with Gasteiger partial charge in [0.15, 0.2) is 0 Å². The molecule has 0 spiro atoms. The molecule has 0 radical (unpaired) electrons. The summed E-state index contributed by atoms with van der Waals surface area (Å²) in [5.41, 5.74) is 1.78. The van der Waals surface area contributed by atoms with Gasteiger partial charge in [-0.2, -0.15) is 5.26 Å². The van der Waals surface area contributed by atoms with Crippen molar-refractivity contribution in [2.45, 2.75) is 57.2 Å². The lowest BCUT2D eigenvalue weighted by Crippen LogP contribution is -2.49. The molecule has 28 heavy (non-hydrogen) atoms. The van der Waals surface area contributed by atoms with Crippen LogP contribution in [0, 0.1) is 11.3 Å². The first-order chi connectivity index (χ1) is 13.6. The smallest absolute Gasteiger partial charge is 0.342 e. The fourth-order valence-corrected chi connectivity index (χ4v) is 3.66. The van der Waals surface area contributed by atoms with Crippen molar-refractivity contribution in [2.24, 2.45) is 0 Å². The van der Waals surface area contributed by atoms with Crippen LogP contribution >= 0.6 is 0 Å². The topological polar surface area (TPSA) is 111 Å². The molecule has 4 rings (SSSR count). The third kappa shape index (κ3) is 3.65. The fraction of sp³-hybridized carbons (Fsp3) is 0.500. The number of amides is 1. The van der Waals surface area contributed by atoms with Crippen molar-refractivity contribution >= 4 is 28.6 Å². The molecule has 1 aliphatic heterocycles. The van der Waals surface area contributed by atoms with Crippen LogP contribution in [0.4, 0.5) is 5.69 Å². The van der Waals surface area contributed by atoms with Crippen LogP contribution in [0.1, 0.15) is 49.4 Å². The molecule has 146 valence electrons. The molecule has 2 fully saturated rings. The number of esters is 1. The maximum absolute atomic E-state index is 12.6. The second-order valence-corrected chi connectivity index (χ2v) is 7.54. The first kappa shape index (κ1) is 18.3. The number of pyridine rings is 1. The SMILES string of the molecule is C[C@H]1CC[C@@H](Nc2c(C(=O)OC3CC3)cnc3[nH]ccc23)CN1C(=O)CC#N. The van der Waals surface area contributed by atoms with Crippen molar-refractivity contribution in [3.63, 3.8) is 0 Å². The maximum atomic E-state index is 12.6. The average molecular weight is 381 g/mol. The number of nitrogens with one attached hydrogen (secondary N) is 2. The minimum absolute atomic E-state index is 0.0110. The first-order valence-electron chi connectivity index (χ1n) is 9.67. The highest BCUT2D eigenvalue weighted by Crippen LogP contribution is 2.31. The van der Waals surface area contributed by atoms with Crippen molar-refractivity contribution in [1.82, 2.24) is 14.9 Å². The molecule has 2 atom stereocenters. The van der Waals surface area contributed by atoms with E-state index in [1.165, 1.54) is 6.20 Å². The van der Waals surface area contributed by atoms with Crippen molar-refractivity contribution in [2.75, 3.05) is 11.9 Å². The Bertz CT molecular complexity index is 943. The molecule has 1 saturated carbocycles. The predicted molar refractivity (Wildman–Crippen MR) is 103 cm³/mol. The molecular formula is C20H23N5O3. The summed E-state index contributed by atoms with van der Waals surface area (Å²) in [5.74, 6) is -0.529. The van der Waals surface area contributed by atoms with E-state index in [2.05, 4.69) is 15.3 Å². The number of hydrogen-bond donors (Lipinski definition) is 2. The van der Waals surface area contributed by atoms with Gasteiger partial charge in [0.1, 0.15) is 23.7 Å². The molecule has 0 bridgehead atoms. The number of likely N-dealkylation sites (tertiary alicyclic amines) is 1. The lowest BCUT2D eigenvalue weighted by molar-refractivity contribution is -0.133. The van der Waals surface area contributed by atoms with E-state index >= 15 is 0 Å². The van der Waals surface area contributed by atoms with Gasteiger partial charge in [-0.25, -0.2) is 9.78 Å². The zero-order valence-electron chi connectivity index (χ0n) is 15.8. The number of carbonyl (C=O) groups excluding carboxylic acids is 2. The van der Waals surface area contributed by atoms with Gasteiger partial charge in [-0.3, -0.25) is 4.79 Å². The minimum Gasteiger partial charge on any atom is -0.459 e. The molecule has 2 aromatic rings. The van der Waals surface area contributed by atoms with Crippen LogP contribution in [0.15, 0.2) is 18.5 Å². The molecule has 1 saturated heterocycles. The van der Waals surface area contributed by atoms with E-state index < -0.39 is 0 Å². The zero-order chi connectivity index (χ0) is 19.7. The number of anilines is 1. The van der Waals surface area contributed by atoms with Gasteiger partial charge in [0.2, 0.25) is 5.91 Å². The number of nitrogens with zero attached hydrogens (tertiary/aromatic N) is 3. The Balaban J connectivity index is 1.59. The molecule has 2 aromatic heterocycles. The van der Waals surface area contributed by atoms with Crippen molar-refractivity contribution in [3.8, 4) is 6.07 Å². The number of hydrogen-bond acceptors (Lipinski definition) is 6. The molecule has 1 amide bonds. The number of aromatic nitrogens is 2. The predicted octanol–water partition coefficient (Wildman–Crippen LogP) is 2.59. The molecule has 8 nitrogen and oxygen atoms in total. The van der Waals surface area contributed by atoms with Gasteiger partial charge in [0, 0.05) is 36.4 Å². The van der Waals surface area contributed by atoms with E-state index in [0.717, 1.165) is 31.1 Å². The van der Waals surface area contributed by atoms with Gasteiger partial charge in [0.25, 0.3) is 0 Å². The molecular weight excluding hydrogens is 358 g/mol. The van der Waals surface area contributed by atoms with E-state index in [9.17, 15) is 9.59 Å². The summed E-state index contributed by atoms with van der Waals surface area (Å²) in [5, 5.41) is 13.1. The number of nitriles is 1. The maximum Gasteiger partial charge on any atom is 0.342 e. The van der Waals surface area contributed by atoms with E-state index in [4.69, 9.17) is 10.00 Å². The third-order valence-electron chi connectivity index (χ3n) is 5.39. The zero-order valence-corrected chi connectivity index (χ0v) is 15.8. The minimum atomic E-state index is -0.373. The molecule has 0 aromatic carbocycles. The molecule has 2 N–H and O–H groups in total. The number of fused-ring (bicyclic) bond motifs is 1. The second kappa shape index (κ2) is 7.50. The molecule has 8 heteroatoms. The molecule has 3 heterocycles. The number of ether oxygens (including phenoxy) is 1. The van der Waals surface area contributed by atoms with E-state index in [1.54, 1.807) is 11.1 Å². The highest BCUT2D eigenvalue weighted by atomic mass is 16.5. The van der Waals surface area contributed by atoms with Crippen LogP contribution in [-0.2, 0) is 9.53 Å². The normalized spacial score (nSPS) is 21.9. The monoisotopic (exact) mass is 381 g/mol. The summed E-state index contributed by atoms with van der Waals surface area (Å²) in [7, 11) is 0. The number of aromatic amines is 1. The standard InChI is InChI=1S/C20H23N5O3/c1-12-2-3-13(11-25(12)17(26)6-8-21)24-18-15-7-9-22-19(15)23-10-16(18)20(27)28-14-4-5-14/h7,9-10,12-14H,2-6,11H2,1H3,(H2,22,23,24)/t12-,13+/m0/s1. The highest BCUT2D eigenvalue weighted by Gasteiger charge is 2.31. The number of piperidine rings is 1. The van der Waals surface area contributed by atoms with Crippen LogP contribution < -0.4 is 5.32 Å². The summed E-state index contributed by atoms with van der Waals surface area (Å²) in [6.07, 6.45) is 6.72. The van der Waals surface area contributed by atoms with Gasteiger partial charge in [-0.05, 0) is 38.7 Å². The lowest BCUT2D eigenvalue weighted by atomic mass is 9.98. The van der Waals surface area contributed by atoms with E-state index in [1.807, 2.05) is 19.1 Å². The number of rotatable bonds is 5. The Kier molecular flexibility index (Phi) is 4.90. The van der Waals surface area contributed by atoms with Gasteiger partial charge in [-0.1, -0.05) is 0 Å². The highest BCUT2D eigenvalue weighted by molar-refractivity contribution is 6.04. The Hall–Kier alpha value is -3.08. The number of H-pyrrole nitrogens is 1. The summed E-state index contributed by atoms with van der Waals surface area (Å²) in [6.45, 7) is 2.49. The Morgan fingerprint density at radius 1 is 1.39 bits per heavy atom. The van der Waals surface area contributed by atoms with Crippen LogP contribution in [0.5, 0.6) is 0 Å². The fourth-order valence-electron chi connectivity index (χ4n) is 3.66. The van der Waals surface area contributed by atoms with Crippen LogP contribution in [0.2, 0.25) is 0 Å². The average Bonchev–Trinajstić information content (AvgIpc) is 3.35. The molecule has 0 unspecified atom stereocenters. The second-order valence-electron chi connectivity index (χ2n) is 7.54. The Labute approximate surface area is 162 Å². The Morgan fingerprint density at radius 2 is 2.21 bits per heavy atom. The van der Waals surface area contributed by atoms with E-state index in [-0.39, 0.29) is 36.5 Å². The van der Waals surface area contributed by atoms with Crippen molar-refractivity contribution in [1.29, 1.82) is 5.26 Å². The van der Waals surface area contributed by atoms with Crippen LogP contribution in [-0.4, -0.2) is 51.5 Å². The largest absolute Gasteiger partial charge is 0.459 e. The quantitative estimate of drug-likeness (QED) is 0.770. The molecule has 1 aliphatic carbocycles. The summed E-state index contributed by atoms with van der Waals surface area (Å²) < 4.78 is 5.48. The lowest BCUT2D eigenvalue weighted by Gasteiger charge is -2.38. The summed E-state index contributed by atoms with van der Waals surface area (Å²) >= 11 is 0. The van der Waals surface area contributed by atoms with Crippen molar-refractivity contribution in [3.05, 3.63) is 24.0 Å². The van der Waals surface area contributed by atoms with Gasteiger partial charge in [-0.15, -0.1) is 0 Å². The van der Waals surface area contributed by atoms with Crippen molar-refractivity contribution < 1.29 is 14.3 Å². The first-order valence-corrected chi connectivity index (χ1v) is 9.67. The van der Waals surface area contributed by atoms with Crippen LogP contribution in [0.3, 0.4) is 0 Å².